The second kappa shape index (κ2) is 5.21. The molecule has 1 N–H and O–H groups in total. The number of aromatic nitrogens is 1. The van der Waals surface area contributed by atoms with Crippen molar-refractivity contribution in [3.05, 3.63) is 34.9 Å². The van der Waals surface area contributed by atoms with Crippen LogP contribution < -0.4 is 4.72 Å². The summed E-state index contributed by atoms with van der Waals surface area (Å²) in [5.74, 6) is 1.32. The third kappa shape index (κ3) is 2.98. The monoisotopic (exact) mass is 286 g/mol. The normalized spacial score (nSPS) is 11.9. The number of hydrogen-bond acceptors (Lipinski definition) is 5. The molecular weight excluding hydrogens is 272 g/mol. The fourth-order valence-corrected chi connectivity index (χ4v) is 3.66. The highest BCUT2D eigenvalue weighted by molar-refractivity contribution is 7.91. The first-order chi connectivity index (χ1) is 8.49. The molecule has 18 heavy (non-hydrogen) atoms. The summed E-state index contributed by atoms with van der Waals surface area (Å²) >= 11 is 1.20. The predicted molar refractivity (Wildman–Crippen MR) is 69.2 cm³/mol. The van der Waals surface area contributed by atoms with Crippen molar-refractivity contribution < 1.29 is 12.8 Å². The molecule has 5 nitrogen and oxygen atoms in total. The van der Waals surface area contributed by atoms with Gasteiger partial charge in [-0.05, 0) is 18.4 Å². The summed E-state index contributed by atoms with van der Waals surface area (Å²) in [4.78, 5) is 4.13. The van der Waals surface area contributed by atoms with Crippen molar-refractivity contribution >= 4 is 21.4 Å². The van der Waals surface area contributed by atoms with Crippen LogP contribution in [0.3, 0.4) is 0 Å². The van der Waals surface area contributed by atoms with Crippen LogP contribution in [0.15, 0.2) is 26.1 Å². The molecule has 7 heteroatoms. The maximum absolute atomic E-state index is 11.8. The Morgan fingerprint density at radius 2 is 2.22 bits per heavy atom. The Balaban J connectivity index is 1.95. The van der Waals surface area contributed by atoms with E-state index in [0.717, 1.165) is 11.5 Å². The summed E-state index contributed by atoms with van der Waals surface area (Å²) in [6.07, 6.45) is 0.497. The molecule has 0 aromatic carbocycles. The second-order valence-electron chi connectivity index (χ2n) is 3.82. The third-order valence-electron chi connectivity index (χ3n) is 2.40. The molecule has 2 aromatic heterocycles. The third-order valence-corrected chi connectivity index (χ3v) is 5.26. The van der Waals surface area contributed by atoms with Crippen molar-refractivity contribution in [2.45, 2.75) is 24.5 Å². The Kier molecular flexibility index (Phi) is 3.84. The molecule has 0 saturated carbocycles. The molecule has 0 unspecified atom stereocenters. The predicted octanol–water partition coefficient (Wildman–Crippen LogP) is 1.87. The molecule has 0 spiro atoms. The first kappa shape index (κ1) is 13.3. The van der Waals surface area contributed by atoms with Crippen LogP contribution >= 0.6 is 11.3 Å². The van der Waals surface area contributed by atoms with Gasteiger partial charge in [0.05, 0.1) is 5.69 Å². The maximum atomic E-state index is 11.8. The summed E-state index contributed by atoms with van der Waals surface area (Å²) in [6.45, 7) is 3.92. The van der Waals surface area contributed by atoms with Crippen LogP contribution in [0, 0.1) is 13.8 Å². The molecule has 0 amide bonds. The van der Waals surface area contributed by atoms with E-state index in [1.165, 1.54) is 11.3 Å². The van der Waals surface area contributed by atoms with Gasteiger partial charge in [-0.1, -0.05) is 6.07 Å². The maximum Gasteiger partial charge on any atom is 0.250 e. The lowest BCUT2D eigenvalue weighted by Gasteiger charge is -2.03. The highest BCUT2D eigenvalue weighted by Gasteiger charge is 2.15. The van der Waals surface area contributed by atoms with Crippen LogP contribution in [0.4, 0.5) is 0 Å². The van der Waals surface area contributed by atoms with Crippen molar-refractivity contribution in [1.82, 2.24) is 9.71 Å². The summed E-state index contributed by atoms with van der Waals surface area (Å²) in [5, 5.41) is 1.73. The molecule has 0 atom stereocenters. The largest absolute Gasteiger partial charge is 0.446 e. The molecule has 2 aromatic rings. The number of aryl methyl sites for hydroxylation is 2. The smallest absolute Gasteiger partial charge is 0.250 e. The molecular formula is C11H14N2O3S2. The first-order valence-corrected chi connectivity index (χ1v) is 7.81. The van der Waals surface area contributed by atoms with Crippen molar-refractivity contribution in [3.8, 4) is 0 Å². The van der Waals surface area contributed by atoms with Crippen LogP contribution in [0.5, 0.6) is 0 Å². The van der Waals surface area contributed by atoms with E-state index in [9.17, 15) is 8.42 Å². The number of nitrogens with one attached hydrogen (secondary N) is 1. The van der Waals surface area contributed by atoms with Crippen LogP contribution in [-0.4, -0.2) is 19.9 Å². The highest BCUT2D eigenvalue weighted by atomic mass is 32.2. The van der Waals surface area contributed by atoms with E-state index >= 15 is 0 Å². The molecule has 2 heterocycles. The Morgan fingerprint density at radius 3 is 2.78 bits per heavy atom. The van der Waals surface area contributed by atoms with E-state index in [2.05, 4.69) is 9.71 Å². The molecule has 0 fully saturated rings. The molecule has 2 rings (SSSR count). The minimum Gasteiger partial charge on any atom is -0.446 e. The molecule has 0 aliphatic rings. The molecule has 0 radical (unpaired) electrons. The van der Waals surface area contributed by atoms with Gasteiger partial charge in [0.2, 0.25) is 10.0 Å². The quantitative estimate of drug-likeness (QED) is 0.911. The highest BCUT2D eigenvalue weighted by Crippen LogP contribution is 2.15. The van der Waals surface area contributed by atoms with Crippen molar-refractivity contribution in [3.63, 3.8) is 0 Å². The number of oxazole rings is 1. The zero-order valence-corrected chi connectivity index (χ0v) is 11.8. The summed E-state index contributed by atoms with van der Waals surface area (Å²) in [6, 6.07) is 3.29. The average molecular weight is 286 g/mol. The van der Waals surface area contributed by atoms with Gasteiger partial charge < -0.3 is 4.42 Å². The Morgan fingerprint density at radius 1 is 1.44 bits per heavy atom. The zero-order chi connectivity index (χ0) is 13.2. The van der Waals surface area contributed by atoms with Crippen molar-refractivity contribution in [1.29, 1.82) is 0 Å². The second-order valence-corrected chi connectivity index (χ2v) is 6.76. The molecule has 0 saturated heterocycles. The van der Waals surface area contributed by atoms with Gasteiger partial charge in [0.15, 0.2) is 5.89 Å². The topological polar surface area (TPSA) is 72.2 Å². The molecule has 98 valence electrons. The lowest BCUT2D eigenvalue weighted by molar-refractivity contribution is 0.472. The van der Waals surface area contributed by atoms with Crippen LogP contribution in [0.2, 0.25) is 0 Å². The van der Waals surface area contributed by atoms with Crippen LogP contribution in [0.1, 0.15) is 17.3 Å². The van der Waals surface area contributed by atoms with Crippen LogP contribution in [0.25, 0.3) is 0 Å². The van der Waals surface area contributed by atoms with Crippen molar-refractivity contribution in [2.24, 2.45) is 0 Å². The number of nitrogens with zero attached hydrogens (tertiary/aromatic N) is 1. The lowest BCUT2D eigenvalue weighted by atomic mass is 10.3. The summed E-state index contributed by atoms with van der Waals surface area (Å²) < 4.78 is 31.9. The van der Waals surface area contributed by atoms with E-state index in [1.54, 1.807) is 24.4 Å². The van der Waals surface area contributed by atoms with E-state index in [4.69, 9.17) is 4.42 Å². The number of hydrogen-bond donors (Lipinski definition) is 1. The van der Waals surface area contributed by atoms with E-state index in [-0.39, 0.29) is 0 Å². The zero-order valence-electron chi connectivity index (χ0n) is 10.1. The van der Waals surface area contributed by atoms with Gasteiger partial charge in [0, 0.05) is 19.9 Å². The number of rotatable bonds is 5. The average Bonchev–Trinajstić information content (AvgIpc) is 2.89. The molecule has 0 aliphatic heterocycles. The first-order valence-electron chi connectivity index (χ1n) is 5.45. The lowest BCUT2D eigenvalue weighted by Crippen LogP contribution is -2.25. The van der Waals surface area contributed by atoms with Crippen molar-refractivity contribution in [2.75, 3.05) is 6.54 Å². The van der Waals surface area contributed by atoms with Gasteiger partial charge in [-0.3, -0.25) is 0 Å². The summed E-state index contributed by atoms with van der Waals surface area (Å²) in [5.41, 5.74) is 0.808. The summed E-state index contributed by atoms with van der Waals surface area (Å²) in [7, 11) is -3.39. The number of thiophene rings is 1. The fourth-order valence-electron chi connectivity index (χ4n) is 1.59. The van der Waals surface area contributed by atoms with Gasteiger partial charge >= 0.3 is 0 Å². The van der Waals surface area contributed by atoms with Crippen LogP contribution in [-0.2, 0) is 16.4 Å². The van der Waals surface area contributed by atoms with E-state index in [0.29, 0.717) is 23.1 Å². The number of sulfonamides is 1. The van der Waals surface area contributed by atoms with Gasteiger partial charge in [-0.15, -0.1) is 11.3 Å². The SMILES string of the molecule is Cc1nc(C)c(CCNS(=O)(=O)c2cccs2)o1. The Hall–Kier alpha value is -1.18. The fraction of sp³-hybridized carbons (Fsp3) is 0.364. The van der Waals surface area contributed by atoms with Gasteiger partial charge in [-0.25, -0.2) is 18.1 Å². The molecule has 0 aliphatic carbocycles. The van der Waals surface area contributed by atoms with E-state index < -0.39 is 10.0 Å². The minimum absolute atomic E-state index is 0.301. The Bertz CT molecular complexity index is 615. The Labute approximate surface area is 110 Å². The minimum atomic E-state index is -3.39. The van der Waals surface area contributed by atoms with Gasteiger partial charge in [-0.2, -0.15) is 0 Å². The molecule has 0 bridgehead atoms. The van der Waals surface area contributed by atoms with E-state index in [1.807, 2.05) is 6.92 Å². The van der Waals surface area contributed by atoms with Gasteiger partial charge in [0.25, 0.3) is 0 Å². The van der Waals surface area contributed by atoms with Gasteiger partial charge in [0.1, 0.15) is 9.97 Å². The standard InChI is InChI=1S/C11H14N2O3S2/c1-8-10(16-9(2)13-8)5-6-12-18(14,15)11-4-3-7-17-11/h3-4,7,12H,5-6H2,1-2H3.